The molecule has 1 nitrogen and oxygen atoms in total. The molecule has 0 aromatic heterocycles. The molecule has 4 fully saturated rings. The number of hydrogen-bond donors (Lipinski definition) is 0. The van der Waals surface area contributed by atoms with Crippen LogP contribution in [-0.4, -0.2) is 5.78 Å². The summed E-state index contributed by atoms with van der Waals surface area (Å²) >= 11 is 0. The lowest BCUT2D eigenvalue weighted by molar-refractivity contribution is -0.168. The molecule has 4 bridgehead atoms. The molecule has 0 radical (unpaired) electrons. The third kappa shape index (κ3) is 2.14. The minimum atomic E-state index is 0.0253. The lowest BCUT2D eigenvalue weighted by Crippen LogP contribution is -2.57. The van der Waals surface area contributed by atoms with Crippen LogP contribution in [0.4, 0.5) is 0 Å². The van der Waals surface area contributed by atoms with Crippen LogP contribution in [0.2, 0.25) is 0 Å². The van der Waals surface area contributed by atoms with Crippen LogP contribution in [0.1, 0.15) is 71.6 Å². The third-order valence-corrected chi connectivity index (χ3v) is 5.94. The van der Waals surface area contributed by atoms with Gasteiger partial charge in [0.25, 0.3) is 0 Å². The van der Waals surface area contributed by atoms with Crippen molar-refractivity contribution in [2.75, 3.05) is 0 Å². The largest absolute Gasteiger partial charge is 0.299 e. The van der Waals surface area contributed by atoms with Crippen molar-refractivity contribution < 1.29 is 4.79 Å². The molecule has 2 unspecified atom stereocenters. The highest BCUT2D eigenvalue weighted by Gasteiger charge is 2.62. The second-order valence-corrected chi connectivity index (χ2v) is 8.39. The lowest BCUT2D eigenvalue weighted by Gasteiger charge is -2.64. The Kier molecular flexibility index (Phi) is 2.86. The van der Waals surface area contributed by atoms with E-state index >= 15 is 0 Å². The van der Waals surface area contributed by atoms with Crippen LogP contribution in [0.5, 0.6) is 0 Å². The van der Waals surface area contributed by atoms with Crippen LogP contribution >= 0.6 is 0 Å². The Morgan fingerprint density at radius 3 is 2.32 bits per heavy atom. The second kappa shape index (κ2) is 4.11. The third-order valence-electron chi connectivity index (χ3n) is 5.94. The minimum absolute atomic E-state index is 0.0253. The number of carbonyl (C=O) groups is 1. The van der Waals surface area contributed by atoms with E-state index in [1.54, 1.807) is 0 Å². The summed E-state index contributed by atoms with van der Waals surface area (Å²) in [6.45, 7) is 4.86. The average Bonchev–Trinajstić information content (AvgIpc) is 2.24. The quantitative estimate of drug-likeness (QED) is 0.541. The SMILES string of the molecule is C#CCCCC(=O)C12CC3CC(C)(CC(C)(C3)C1)C2. The van der Waals surface area contributed by atoms with Crippen molar-refractivity contribution in [1.29, 1.82) is 0 Å². The molecule has 0 aliphatic heterocycles. The number of Topliss-reactive ketones (excluding diaryl/α,β-unsaturated/α-hetero) is 1. The molecule has 104 valence electrons. The van der Waals surface area contributed by atoms with Gasteiger partial charge in [-0.05, 0) is 61.7 Å². The maximum absolute atomic E-state index is 12.8. The summed E-state index contributed by atoms with van der Waals surface area (Å²) < 4.78 is 0. The molecule has 1 heteroatoms. The number of rotatable bonds is 4. The van der Waals surface area contributed by atoms with Gasteiger partial charge in [0.1, 0.15) is 5.78 Å². The fourth-order valence-electron chi connectivity index (χ4n) is 6.37. The molecule has 4 rings (SSSR count). The summed E-state index contributed by atoms with van der Waals surface area (Å²) in [4.78, 5) is 12.8. The fourth-order valence-corrected chi connectivity index (χ4v) is 6.37. The summed E-state index contributed by atoms with van der Waals surface area (Å²) in [5.74, 6) is 4.00. The molecule has 0 aromatic rings. The van der Waals surface area contributed by atoms with E-state index < -0.39 is 0 Å². The van der Waals surface area contributed by atoms with Gasteiger partial charge in [-0.2, -0.15) is 0 Å². The summed E-state index contributed by atoms with van der Waals surface area (Å²) in [5.41, 5.74) is 0.906. The van der Waals surface area contributed by atoms with Crippen molar-refractivity contribution >= 4 is 5.78 Å². The highest BCUT2D eigenvalue weighted by atomic mass is 16.1. The summed E-state index contributed by atoms with van der Waals surface area (Å²) in [5, 5.41) is 0. The summed E-state index contributed by atoms with van der Waals surface area (Å²) in [6, 6.07) is 0. The van der Waals surface area contributed by atoms with Gasteiger partial charge >= 0.3 is 0 Å². The van der Waals surface area contributed by atoms with Crippen LogP contribution in [0.25, 0.3) is 0 Å². The smallest absolute Gasteiger partial charge is 0.139 e. The molecular formula is C18H26O. The van der Waals surface area contributed by atoms with E-state index in [0.29, 0.717) is 23.0 Å². The van der Waals surface area contributed by atoms with Gasteiger partial charge in [-0.25, -0.2) is 0 Å². The van der Waals surface area contributed by atoms with Gasteiger partial charge in [-0.1, -0.05) is 13.8 Å². The number of unbranched alkanes of at least 4 members (excludes halogenated alkanes) is 1. The molecule has 0 amide bonds. The normalized spacial score (nSPS) is 47.1. The first-order chi connectivity index (χ1) is 8.89. The van der Waals surface area contributed by atoms with Crippen LogP contribution in [0.15, 0.2) is 0 Å². The Hall–Kier alpha value is -0.770. The van der Waals surface area contributed by atoms with Crippen molar-refractivity contribution in [3.8, 4) is 12.3 Å². The van der Waals surface area contributed by atoms with Gasteiger partial charge in [-0.15, -0.1) is 12.3 Å². The molecule has 19 heavy (non-hydrogen) atoms. The van der Waals surface area contributed by atoms with Gasteiger partial charge in [0.2, 0.25) is 0 Å². The number of hydrogen-bond acceptors (Lipinski definition) is 1. The van der Waals surface area contributed by atoms with Crippen LogP contribution < -0.4 is 0 Å². The average molecular weight is 258 g/mol. The highest BCUT2D eigenvalue weighted by Crippen LogP contribution is 2.69. The number of terminal acetylenes is 1. The van der Waals surface area contributed by atoms with Gasteiger partial charge < -0.3 is 0 Å². The Balaban J connectivity index is 1.80. The van der Waals surface area contributed by atoms with Gasteiger partial charge in [0.05, 0.1) is 0 Å². The van der Waals surface area contributed by atoms with Crippen molar-refractivity contribution in [3.05, 3.63) is 0 Å². The highest BCUT2D eigenvalue weighted by molar-refractivity contribution is 5.85. The molecule has 0 saturated heterocycles. The van der Waals surface area contributed by atoms with Crippen molar-refractivity contribution in [3.63, 3.8) is 0 Å². The van der Waals surface area contributed by atoms with E-state index in [9.17, 15) is 4.79 Å². The predicted molar refractivity (Wildman–Crippen MR) is 77.5 cm³/mol. The molecule has 0 aromatic carbocycles. The van der Waals surface area contributed by atoms with E-state index in [4.69, 9.17) is 6.42 Å². The summed E-state index contributed by atoms with van der Waals surface area (Å²) in [6.07, 6.45) is 15.2. The Morgan fingerprint density at radius 2 is 1.79 bits per heavy atom. The van der Waals surface area contributed by atoms with Gasteiger partial charge in [-0.3, -0.25) is 4.79 Å². The van der Waals surface area contributed by atoms with Crippen LogP contribution in [-0.2, 0) is 4.79 Å². The Labute approximate surface area is 117 Å². The maximum Gasteiger partial charge on any atom is 0.139 e. The van der Waals surface area contributed by atoms with E-state index in [1.807, 2.05) is 0 Å². The Morgan fingerprint density at radius 1 is 1.16 bits per heavy atom. The lowest BCUT2D eigenvalue weighted by atomic mass is 9.39. The molecule has 4 aliphatic rings. The minimum Gasteiger partial charge on any atom is -0.299 e. The fraction of sp³-hybridized carbons (Fsp3) is 0.833. The van der Waals surface area contributed by atoms with Gasteiger partial charge in [0, 0.05) is 18.3 Å². The first-order valence-electron chi connectivity index (χ1n) is 7.86. The first-order valence-corrected chi connectivity index (χ1v) is 7.86. The first kappa shape index (κ1) is 13.2. The predicted octanol–water partition coefficient (Wildman–Crippen LogP) is 4.36. The topological polar surface area (TPSA) is 17.1 Å². The second-order valence-electron chi connectivity index (χ2n) is 8.39. The molecule has 4 aliphatic carbocycles. The Bertz CT molecular complexity index is 423. The molecule has 0 heterocycles. The van der Waals surface area contributed by atoms with Gasteiger partial charge in [0.15, 0.2) is 0 Å². The molecule has 4 saturated carbocycles. The van der Waals surface area contributed by atoms with Crippen molar-refractivity contribution in [1.82, 2.24) is 0 Å². The van der Waals surface area contributed by atoms with E-state index in [0.717, 1.165) is 31.6 Å². The molecule has 0 spiro atoms. The monoisotopic (exact) mass is 258 g/mol. The molecule has 2 atom stereocenters. The van der Waals surface area contributed by atoms with Crippen LogP contribution in [0.3, 0.4) is 0 Å². The maximum atomic E-state index is 12.8. The van der Waals surface area contributed by atoms with E-state index in [-0.39, 0.29) is 5.41 Å². The summed E-state index contributed by atoms with van der Waals surface area (Å²) in [7, 11) is 0. The standard InChI is InChI=1S/C18H26O/c1-4-5-6-7-15(19)18-10-14-8-16(2,12-18)11-17(3,9-14)13-18/h1,14H,5-13H2,2-3H3. The zero-order valence-corrected chi connectivity index (χ0v) is 12.4. The molecular weight excluding hydrogens is 232 g/mol. The van der Waals surface area contributed by atoms with Crippen LogP contribution in [0, 0.1) is 34.5 Å². The van der Waals surface area contributed by atoms with E-state index in [1.165, 1.54) is 25.7 Å². The zero-order chi connectivity index (χ0) is 13.7. The molecule has 0 N–H and O–H groups in total. The van der Waals surface area contributed by atoms with Crippen molar-refractivity contribution in [2.45, 2.75) is 71.6 Å². The zero-order valence-electron chi connectivity index (χ0n) is 12.4. The van der Waals surface area contributed by atoms with E-state index in [2.05, 4.69) is 19.8 Å². The number of carbonyl (C=O) groups excluding carboxylic acids is 1. The number of ketones is 1. The van der Waals surface area contributed by atoms with Crippen molar-refractivity contribution in [2.24, 2.45) is 22.2 Å².